The molecule has 0 aliphatic heterocycles. The fourth-order valence-electron chi connectivity index (χ4n) is 0. The Balaban J connectivity index is 1.97. The Morgan fingerprint density at radius 2 is 2.25 bits per heavy atom. The first-order chi connectivity index (χ1) is 1.91. The van der Waals surface area contributed by atoms with Crippen LogP contribution in [0.5, 0.6) is 0 Å². The van der Waals surface area contributed by atoms with E-state index in [0.29, 0.717) is 0 Å². The van der Waals surface area contributed by atoms with Gasteiger partial charge in [-0.15, -0.1) is 0 Å². The van der Waals surface area contributed by atoms with E-state index in [0.717, 1.165) is 0 Å². The number of halogens is 1. The van der Waals surface area contributed by atoms with E-state index in [1.54, 1.807) is 0 Å². The molecule has 0 atom stereocenters. The molecule has 4 heavy (non-hydrogen) atoms. The van der Waals surface area contributed by atoms with Crippen molar-refractivity contribution in [2.45, 2.75) is 0 Å². The van der Waals surface area contributed by atoms with Gasteiger partial charge in [-0.1, -0.05) is 0 Å². The van der Waals surface area contributed by atoms with Crippen molar-refractivity contribution >= 4 is 11.9 Å². The average molecular weight is 81.5 g/mol. The second-order valence-corrected chi connectivity index (χ2v) is 0.494. The molecule has 0 aliphatic rings. The molecule has 0 saturated carbocycles. The normalized spacial score (nSPS) is 7.50. The minimum absolute atomic E-state index is 0.0849. The van der Waals surface area contributed by atoms with Crippen LogP contribution in [-0.4, -0.2) is 6.73 Å². The van der Waals surface area contributed by atoms with E-state index < -0.39 is 0 Å². The first-order valence-electron chi connectivity index (χ1n) is 0.851. The first kappa shape index (κ1) is 4.21. The van der Waals surface area contributed by atoms with Gasteiger partial charge in [-0.3, -0.25) is 4.29 Å². The molecule has 0 spiro atoms. The Labute approximate surface area is 29.7 Å². The molecule has 0 amide bonds. The van der Waals surface area contributed by atoms with E-state index in [9.17, 15) is 0 Å². The fraction of sp³-hybridized carbons (Fsp3) is 1.00. The molecule has 0 heterocycles. The van der Waals surface area contributed by atoms with Crippen LogP contribution in [0.15, 0.2) is 0 Å². The summed E-state index contributed by atoms with van der Waals surface area (Å²) >= 11 is 4.56. The van der Waals surface area contributed by atoms with Crippen molar-refractivity contribution < 1.29 is 4.29 Å². The van der Waals surface area contributed by atoms with Crippen molar-refractivity contribution in [2.75, 3.05) is 6.73 Å². The molecule has 0 aliphatic carbocycles. The van der Waals surface area contributed by atoms with Crippen molar-refractivity contribution in [2.24, 2.45) is 5.73 Å². The second-order valence-electron chi connectivity index (χ2n) is 0.276. The highest BCUT2D eigenvalue weighted by atomic mass is 35.5. The maximum absolute atomic E-state index is 4.67. The molecule has 0 aromatic rings. The minimum Gasteiger partial charge on any atom is -0.307 e. The summed E-state index contributed by atoms with van der Waals surface area (Å²) in [6, 6.07) is 0. The Morgan fingerprint density at radius 1 is 2.00 bits per heavy atom. The fourth-order valence-corrected chi connectivity index (χ4v) is 0. The summed E-state index contributed by atoms with van der Waals surface area (Å²) in [7, 11) is 0. The first-order valence-corrected chi connectivity index (χ1v) is 1.16. The number of rotatable bonds is 1. The van der Waals surface area contributed by atoms with E-state index in [1.807, 2.05) is 0 Å². The largest absolute Gasteiger partial charge is 0.307 e. The van der Waals surface area contributed by atoms with Crippen LogP contribution in [0.3, 0.4) is 0 Å². The lowest BCUT2D eigenvalue weighted by Crippen LogP contribution is -1.95. The van der Waals surface area contributed by atoms with E-state index in [-0.39, 0.29) is 6.73 Å². The summed E-state index contributed by atoms with van der Waals surface area (Å²) in [5.41, 5.74) is 4.67. The zero-order chi connectivity index (χ0) is 3.41. The highest BCUT2D eigenvalue weighted by Gasteiger charge is 1.54. The van der Waals surface area contributed by atoms with Crippen molar-refractivity contribution in [3.8, 4) is 0 Å². The molecule has 0 aromatic carbocycles. The smallest absolute Gasteiger partial charge is 0.116 e. The Hall–Kier alpha value is 0.210. The van der Waals surface area contributed by atoms with E-state index in [4.69, 9.17) is 0 Å². The van der Waals surface area contributed by atoms with Crippen LogP contribution in [0.1, 0.15) is 0 Å². The van der Waals surface area contributed by atoms with Crippen molar-refractivity contribution in [3.63, 3.8) is 0 Å². The average Bonchev–Trinajstić information content (AvgIpc) is 1.37. The zero-order valence-corrected chi connectivity index (χ0v) is 2.83. The molecule has 0 aromatic heterocycles. The summed E-state index contributed by atoms with van der Waals surface area (Å²) in [5.74, 6) is 0. The molecule has 2 nitrogen and oxygen atoms in total. The summed E-state index contributed by atoms with van der Waals surface area (Å²) in [6.07, 6.45) is 0. The summed E-state index contributed by atoms with van der Waals surface area (Å²) < 4.78 is 3.79. The summed E-state index contributed by atoms with van der Waals surface area (Å²) in [4.78, 5) is 0. The van der Waals surface area contributed by atoms with E-state index in [1.165, 1.54) is 0 Å². The zero-order valence-electron chi connectivity index (χ0n) is 2.07. The predicted octanol–water partition coefficient (Wildman–Crippen LogP) is 0.0730. The van der Waals surface area contributed by atoms with Crippen LogP contribution in [0, 0.1) is 0 Å². The molecule has 0 saturated heterocycles. The maximum atomic E-state index is 4.67. The van der Waals surface area contributed by atoms with Crippen LogP contribution < -0.4 is 5.73 Å². The van der Waals surface area contributed by atoms with Gasteiger partial charge in [0.2, 0.25) is 0 Å². The van der Waals surface area contributed by atoms with Crippen LogP contribution in [0.25, 0.3) is 0 Å². The molecule has 3 heteroatoms. The number of nitrogens with two attached hydrogens (primary N) is 1. The molecular weight excluding hydrogens is 77.5 g/mol. The van der Waals surface area contributed by atoms with Gasteiger partial charge in [-0.05, 0) is 0 Å². The van der Waals surface area contributed by atoms with Gasteiger partial charge in [0.1, 0.15) is 6.73 Å². The third-order valence-electron chi connectivity index (χ3n) is 0.0630. The lowest BCUT2D eigenvalue weighted by Gasteiger charge is -1.72. The van der Waals surface area contributed by atoms with Gasteiger partial charge < -0.3 is 5.73 Å². The molecule has 26 valence electrons. The lowest BCUT2D eigenvalue weighted by atomic mass is 11.4. The van der Waals surface area contributed by atoms with Crippen LogP contribution in [0.4, 0.5) is 0 Å². The van der Waals surface area contributed by atoms with Crippen LogP contribution in [0.2, 0.25) is 0 Å². The Bertz CT molecular complexity index is 10.0. The lowest BCUT2D eigenvalue weighted by molar-refractivity contribution is 0.366. The van der Waals surface area contributed by atoms with Gasteiger partial charge in [0.05, 0.1) is 11.9 Å². The predicted molar refractivity (Wildman–Crippen MR) is 16.0 cm³/mol. The topological polar surface area (TPSA) is 35.2 Å². The van der Waals surface area contributed by atoms with Crippen molar-refractivity contribution in [1.82, 2.24) is 0 Å². The summed E-state index contributed by atoms with van der Waals surface area (Å²) in [6.45, 7) is 0.0849. The Kier molecular flexibility index (Phi) is 3.38. The molecule has 0 bridgehead atoms. The monoisotopic (exact) mass is 81.0 g/mol. The highest BCUT2D eigenvalue weighted by Crippen LogP contribution is 1.65. The van der Waals surface area contributed by atoms with Crippen LogP contribution in [-0.2, 0) is 4.29 Å². The standard InChI is InChI=1S/CH4ClNO/c2-4-1-3/h1,3H2. The number of hydrogen-bond donors (Lipinski definition) is 1. The molecule has 0 rings (SSSR count). The maximum Gasteiger partial charge on any atom is 0.116 e. The third kappa shape index (κ3) is 2.21. The molecule has 0 unspecified atom stereocenters. The van der Waals surface area contributed by atoms with Gasteiger partial charge in [0.15, 0.2) is 0 Å². The van der Waals surface area contributed by atoms with Crippen molar-refractivity contribution in [1.29, 1.82) is 0 Å². The van der Waals surface area contributed by atoms with Gasteiger partial charge in [-0.2, -0.15) is 0 Å². The van der Waals surface area contributed by atoms with E-state index in [2.05, 4.69) is 21.9 Å². The van der Waals surface area contributed by atoms with E-state index >= 15 is 0 Å². The number of hydrogen-bond acceptors (Lipinski definition) is 2. The Morgan fingerprint density at radius 3 is 2.25 bits per heavy atom. The molecule has 0 fully saturated rings. The molecule has 2 N–H and O–H groups in total. The van der Waals surface area contributed by atoms with Crippen molar-refractivity contribution in [3.05, 3.63) is 0 Å². The SMILES string of the molecule is NCOCl. The quantitative estimate of drug-likeness (QED) is 0.454. The molecule has 0 radical (unpaired) electrons. The van der Waals surface area contributed by atoms with Gasteiger partial charge in [-0.25, -0.2) is 0 Å². The van der Waals surface area contributed by atoms with Crippen LogP contribution >= 0.6 is 11.9 Å². The highest BCUT2D eigenvalue weighted by molar-refractivity contribution is 6.07. The molecular formula is CH4ClNO. The minimum atomic E-state index is 0.0849. The second kappa shape index (κ2) is 3.21. The third-order valence-corrected chi connectivity index (χ3v) is 0.189. The summed E-state index contributed by atoms with van der Waals surface area (Å²) in [5, 5.41) is 0. The van der Waals surface area contributed by atoms with Gasteiger partial charge >= 0.3 is 0 Å². The van der Waals surface area contributed by atoms with Gasteiger partial charge in [0, 0.05) is 0 Å². The van der Waals surface area contributed by atoms with Gasteiger partial charge in [0.25, 0.3) is 0 Å².